The molecule has 3 amide bonds. The highest BCUT2D eigenvalue weighted by Gasteiger charge is 2.46. The van der Waals surface area contributed by atoms with E-state index in [9.17, 15) is 14.4 Å². The summed E-state index contributed by atoms with van der Waals surface area (Å²) >= 11 is 0. The number of hydrogen-bond donors (Lipinski definition) is 4. The lowest BCUT2D eigenvalue weighted by atomic mass is 9.83. The summed E-state index contributed by atoms with van der Waals surface area (Å²) in [6, 6.07) is 1.28. The van der Waals surface area contributed by atoms with Crippen LogP contribution >= 0.6 is 0 Å². The topological polar surface area (TPSA) is 141 Å². The number of likely N-dealkylation sites (tertiary alicyclic amines) is 1. The van der Waals surface area contributed by atoms with Crippen LogP contribution < -0.4 is 16.4 Å². The molecule has 31 heavy (non-hydrogen) atoms. The fourth-order valence-corrected chi connectivity index (χ4v) is 5.00. The van der Waals surface area contributed by atoms with Crippen molar-refractivity contribution in [3.63, 3.8) is 0 Å². The number of aromatic nitrogens is 1. The van der Waals surface area contributed by atoms with Crippen molar-refractivity contribution >= 4 is 29.1 Å². The molecule has 1 saturated heterocycles. The molecule has 1 spiro atoms. The molecule has 0 aromatic carbocycles. The maximum Gasteiger partial charge on any atom is 0.267 e. The zero-order valence-electron chi connectivity index (χ0n) is 17.7. The second-order valence-electron chi connectivity index (χ2n) is 9.06. The maximum absolute atomic E-state index is 12.9. The number of anilines is 1. The molecule has 1 aliphatic heterocycles. The van der Waals surface area contributed by atoms with Crippen molar-refractivity contribution in [1.82, 2.24) is 15.2 Å². The van der Waals surface area contributed by atoms with E-state index in [1.807, 2.05) is 0 Å². The van der Waals surface area contributed by atoms with Crippen LogP contribution in [-0.4, -0.2) is 58.5 Å². The Morgan fingerprint density at radius 3 is 2.77 bits per heavy atom. The molecule has 2 aliphatic carbocycles. The standard InChI is InChI=1S/C22H30N6O3/c23-19(20(24)30)15-5-9-25-12-16(15)26-13-18(29)28-10-2-4-17(28)21(31)27-14-3-1-6-22(11-14)7-8-22/h5,9,12,14,17,23,26H,1-4,6-8,10-11,13H2,(H2,24,30)(H,27,31)/t14?,17-/m0/s1. The van der Waals surface area contributed by atoms with Crippen molar-refractivity contribution in [2.24, 2.45) is 11.1 Å². The molecule has 2 saturated carbocycles. The van der Waals surface area contributed by atoms with E-state index in [-0.39, 0.29) is 35.7 Å². The molecule has 4 rings (SSSR count). The molecule has 3 fully saturated rings. The van der Waals surface area contributed by atoms with Gasteiger partial charge in [-0.1, -0.05) is 6.42 Å². The Kier molecular flexibility index (Phi) is 5.93. The minimum Gasteiger partial charge on any atom is -0.374 e. The Morgan fingerprint density at radius 2 is 2.03 bits per heavy atom. The van der Waals surface area contributed by atoms with E-state index in [4.69, 9.17) is 11.1 Å². The first-order valence-electron chi connectivity index (χ1n) is 11.0. The van der Waals surface area contributed by atoms with E-state index in [1.54, 1.807) is 4.90 Å². The van der Waals surface area contributed by atoms with Gasteiger partial charge in [0.1, 0.15) is 11.8 Å². The monoisotopic (exact) mass is 426 g/mol. The molecule has 0 radical (unpaired) electrons. The van der Waals surface area contributed by atoms with Crippen LogP contribution in [0, 0.1) is 10.8 Å². The molecule has 166 valence electrons. The lowest BCUT2D eigenvalue weighted by Gasteiger charge is -2.32. The van der Waals surface area contributed by atoms with Crippen LogP contribution in [0.3, 0.4) is 0 Å². The lowest BCUT2D eigenvalue weighted by molar-refractivity contribution is -0.137. The lowest BCUT2D eigenvalue weighted by Crippen LogP contribution is -2.50. The number of nitrogens with one attached hydrogen (secondary N) is 3. The van der Waals surface area contributed by atoms with Crippen LogP contribution in [0.4, 0.5) is 5.69 Å². The number of primary amides is 1. The van der Waals surface area contributed by atoms with Gasteiger partial charge in [-0.15, -0.1) is 0 Å². The molecule has 0 bridgehead atoms. The van der Waals surface area contributed by atoms with Crippen LogP contribution in [0.5, 0.6) is 0 Å². The molecule has 1 unspecified atom stereocenters. The molecule has 2 heterocycles. The summed E-state index contributed by atoms with van der Waals surface area (Å²) in [6.45, 7) is 0.491. The van der Waals surface area contributed by atoms with Crippen LogP contribution in [0.1, 0.15) is 56.9 Å². The first-order valence-corrected chi connectivity index (χ1v) is 11.0. The van der Waals surface area contributed by atoms with Gasteiger partial charge in [0.15, 0.2) is 0 Å². The predicted molar refractivity (Wildman–Crippen MR) is 116 cm³/mol. The normalized spacial score (nSPS) is 23.9. The Hall–Kier alpha value is -2.97. The van der Waals surface area contributed by atoms with Gasteiger partial charge in [-0.2, -0.15) is 0 Å². The van der Waals surface area contributed by atoms with Gasteiger partial charge in [0.2, 0.25) is 11.8 Å². The highest BCUT2D eigenvalue weighted by molar-refractivity contribution is 6.44. The van der Waals surface area contributed by atoms with E-state index < -0.39 is 11.9 Å². The molecular weight excluding hydrogens is 396 g/mol. The van der Waals surface area contributed by atoms with E-state index in [0.29, 0.717) is 24.1 Å². The summed E-state index contributed by atoms with van der Waals surface area (Å²) in [4.78, 5) is 42.8. The van der Waals surface area contributed by atoms with Gasteiger partial charge in [0.05, 0.1) is 18.4 Å². The molecule has 5 N–H and O–H groups in total. The Labute approximate surface area is 181 Å². The van der Waals surface area contributed by atoms with E-state index >= 15 is 0 Å². The summed E-state index contributed by atoms with van der Waals surface area (Å²) in [5.41, 5.74) is 6.01. The number of rotatable bonds is 7. The second kappa shape index (κ2) is 8.64. The number of nitrogens with zero attached hydrogens (tertiary/aromatic N) is 2. The Morgan fingerprint density at radius 1 is 1.23 bits per heavy atom. The Balaban J connectivity index is 1.34. The average molecular weight is 427 g/mol. The van der Waals surface area contributed by atoms with Gasteiger partial charge in [-0.05, 0) is 56.4 Å². The summed E-state index contributed by atoms with van der Waals surface area (Å²) in [5, 5.41) is 14.0. The number of carbonyl (C=O) groups excluding carboxylic acids is 3. The summed E-state index contributed by atoms with van der Waals surface area (Å²) in [7, 11) is 0. The van der Waals surface area contributed by atoms with Crippen LogP contribution in [-0.2, 0) is 14.4 Å². The van der Waals surface area contributed by atoms with Gasteiger partial charge in [0.25, 0.3) is 5.91 Å². The highest BCUT2D eigenvalue weighted by atomic mass is 16.2. The van der Waals surface area contributed by atoms with Crippen molar-refractivity contribution in [3.8, 4) is 0 Å². The van der Waals surface area contributed by atoms with Gasteiger partial charge < -0.3 is 21.3 Å². The molecule has 3 aliphatic rings. The molecule has 2 atom stereocenters. The molecule has 1 aromatic heterocycles. The van der Waals surface area contributed by atoms with Crippen molar-refractivity contribution in [3.05, 3.63) is 24.0 Å². The fourth-order valence-electron chi connectivity index (χ4n) is 5.00. The van der Waals surface area contributed by atoms with E-state index in [1.165, 1.54) is 37.7 Å². The first kappa shape index (κ1) is 21.3. The van der Waals surface area contributed by atoms with Gasteiger partial charge >= 0.3 is 0 Å². The third-order valence-electron chi connectivity index (χ3n) is 6.89. The highest BCUT2D eigenvalue weighted by Crippen LogP contribution is 2.56. The summed E-state index contributed by atoms with van der Waals surface area (Å²) in [5.74, 6) is -1.10. The van der Waals surface area contributed by atoms with Crippen molar-refractivity contribution < 1.29 is 14.4 Å². The number of hydrogen-bond acceptors (Lipinski definition) is 6. The number of amides is 3. The predicted octanol–water partition coefficient (Wildman–Crippen LogP) is 1.18. The quantitative estimate of drug-likeness (QED) is 0.485. The van der Waals surface area contributed by atoms with E-state index in [0.717, 1.165) is 25.7 Å². The van der Waals surface area contributed by atoms with Gasteiger partial charge in [-0.3, -0.25) is 24.8 Å². The molecule has 9 nitrogen and oxygen atoms in total. The third-order valence-corrected chi connectivity index (χ3v) is 6.89. The zero-order valence-corrected chi connectivity index (χ0v) is 17.7. The third kappa shape index (κ3) is 4.70. The first-order chi connectivity index (χ1) is 14.9. The number of carbonyl (C=O) groups is 3. The SMILES string of the molecule is N=C(C(N)=O)c1ccncc1NCC(=O)N1CCC[C@H]1C(=O)NC1CCCC2(CC2)C1. The van der Waals surface area contributed by atoms with Crippen molar-refractivity contribution in [2.75, 3.05) is 18.4 Å². The summed E-state index contributed by atoms with van der Waals surface area (Å²) in [6.07, 6.45) is 11.5. The zero-order chi connectivity index (χ0) is 22.0. The van der Waals surface area contributed by atoms with Crippen molar-refractivity contribution in [2.45, 2.75) is 63.5 Å². The van der Waals surface area contributed by atoms with Crippen molar-refractivity contribution in [1.29, 1.82) is 5.41 Å². The maximum atomic E-state index is 12.9. The summed E-state index contributed by atoms with van der Waals surface area (Å²) < 4.78 is 0. The van der Waals surface area contributed by atoms with Crippen LogP contribution in [0.25, 0.3) is 0 Å². The number of pyridine rings is 1. The van der Waals surface area contributed by atoms with Crippen LogP contribution in [0.2, 0.25) is 0 Å². The van der Waals surface area contributed by atoms with Gasteiger partial charge in [-0.25, -0.2) is 0 Å². The van der Waals surface area contributed by atoms with E-state index in [2.05, 4.69) is 15.6 Å². The second-order valence-corrected chi connectivity index (χ2v) is 9.06. The smallest absolute Gasteiger partial charge is 0.267 e. The van der Waals surface area contributed by atoms with Crippen LogP contribution in [0.15, 0.2) is 18.5 Å². The largest absolute Gasteiger partial charge is 0.374 e. The average Bonchev–Trinajstić information content (AvgIpc) is 3.30. The Bertz CT molecular complexity index is 897. The fraction of sp³-hybridized carbons (Fsp3) is 0.591. The molecular formula is C22H30N6O3. The minimum absolute atomic E-state index is 0.0499. The molecule has 1 aromatic rings. The number of nitrogens with two attached hydrogens (primary N) is 1. The minimum atomic E-state index is -0.854. The molecule has 9 heteroatoms. The van der Waals surface area contributed by atoms with Gasteiger partial charge in [0, 0.05) is 24.3 Å².